The summed E-state index contributed by atoms with van der Waals surface area (Å²) in [5, 5.41) is 3.71. The van der Waals surface area contributed by atoms with Gasteiger partial charge in [0, 0.05) is 24.8 Å². The lowest BCUT2D eigenvalue weighted by Crippen LogP contribution is -2.36. The molecule has 1 fully saturated rings. The van der Waals surface area contributed by atoms with Crippen molar-refractivity contribution in [2.75, 3.05) is 7.11 Å². The Bertz CT molecular complexity index is 358. The molecule has 1 aliphatic carbocycles. The molecule has 0 radical (unpaired) electrons. The standard InChI is InChI=1S/C16H26N2O/c1-3-15(14-7-5-4-6-8-14)17-11-13-9-10-16(19-2)18-12-13/h9-10,12,14-15,17H,3-8,11H2,1-2H3. The predicted octanol–water partition coefficient (Wildman–Crippen LogP) is 3.54. The lowest BCUT2D eigenvalue weighted by molar-refractivity contribution is 0.261. The lowest BCUT2D eigenvalue weighted by atomic mass is 9.83. The summed E-state index contributed by atoms with van der Waals surface area (Å²) in [4.78, 5) is 4.25. The van der Waals surface area contributed by atoms with E-state index in [9.17, 15) is 0 Å². The van der Waals surface area contributed by atoms with Crippen molar-refractivity contribution in [2.45, 2.75) is 58.0 Å². The molecule has 1 aliphatic rings. The van der Waals surface area contributed by atoms with Gasteiger partial charge in [0.25, 0.3) is 0 Å². The molecule has 2 rings (SSSR count). The van der Waals surface area contributed by atoms with E-state index in [4.69, 9.17) is 4.74 Å². The summed E-state index contributed by atoms with van der Waals surface area (Å²) in [6, 6.07) is 4.67. The van der Waals surface area contributed by atoms with E-state index in [1.54, 1.807) is 7.11 Å². The van der Waals surface area contributed by atoms with E-state index in [-0.39, 0.29) is 0 Å². The molecule has 0 saturated heterocycles. The van der Waals surface area contributed by atoms with E-state index in [2.05, 4.69) is 23.3 Å². The number of rotatable bonds is 6. The first kappa shape index (κ1) is 14.3. The van der Waals surface area contributed by atoms with Crippen molar-refractivity contribution in [3.63, 3.8) is 0 Å². The van der Waals surface area contributed by atoms with Crippen LogP contribution in [0.15, 0.2) is 18.3 Å². The zero-order valence-corrected chi connectivity index (χ0v) is 12.2. The topological polar surface area (TPSA) is 34.1 Å². The van der Waals surface area contributed by atoms with Gasteiger partial charge in [-0.2, -0.15) is 0 Å². The number of nitrogens with zero attached hydrogens (tertiary/aromatic N) is 1. The molecule has 0 aliphatic heterocycles. The maximum Gasteiger partial charge on any atom is 0.212 e. The average Bonchev–Trinajstić information content (AvgIpc) is 2.49. The Labute approximate surface area is 116 Å². The highest BCUT2D eigenvalue weighted by Crippen LogP contribution is 2.27. The SMILES string of the molecule is CCC(NCc1ccc(OC)nc1)C1CCCCC1. The third kappa shape index (κ3) is 4.20. The second kappa shape index (κ2) is 7.49. The van der Waals surface area contributed by atoms with Gasteiger partial charge in [0.2, 0.25) is 5.88 Å². The number of ether oxygens (including phenoxy) is 1. The first-order chi connectivity index (χ1) is 9.33. The van der Waals surface area contributed by atoms with Gasteiger partial charge in [-0.25, -0.2) is 4.98 Å². The molecular weight excluding hydrogens is 236 g/mol. The smallest absolute Gasteiger partial charge is 0.212 e. The molecule has 1 saturated carbocycles. The van der Waals surface area contributed by atoms with Gasteiger partial charge >= 0.3 is 0 Å². The molecule has 1 aromatic rings. The molecule has 1 heterocycles. The number of nitrogens with one attached hydrogen (secondary N) is 1. The summed E-state index contributed by atoms with van der Waals surface area (Å²) in [6.07, 6.45) is 10.2. The molecule has 1 aromatic heterocycles. The molecule has 0 amide bonds. The molecule has 19 heavy (non-hydrogen) atoms. The number of hydrogen-bond donors (Lipinski definition) is 1. The van der Waals surface area contributed by atoms with Crippen LogP contribution < -0.4 is 10.1 Å². The second-order valence-electron chi connectivity index (χ2n) is 5.50. The second-order valence-corrected chi connectivity index (χ2v) is 5.50. The third-order valence-electron chi connectivity index (χ3n) is 4.23. The van der Waals surface area contributed by atoms with Crippen LogP contribution in [-0.4, -0.2) is 18.1 Å². The molecule has 1 N–H and O–H groups in total. The molecule has 1 unspecified atom stereocenters. The van der Waals surface area contributed by atoms with Crippen LogP contribution in [-0.2, 0) is 6.54 Å². The van der Waals surface area contributed by atoms with Crippen LogP contribution in [0.1, 0.15) is 51.0 Å². The minimum Gasteiger partial charge on any atom is -0.481 e. The number of methoxy groups -OCH3 is 1. The van der Waals surface area contributed by atoms with E-state index < -0.39 is 0 Å². The largest absolute Gasteiger partial charge is 0.481 e. The Morgan fingerprint density at radius 3 is 2.68 bits per heavy atom. The third-order valence-corrected chi connectivity index (χ3v) is 4.23. The van der Waals surface area contributed by atoms with Gasteiger partial charge in [0.15, 0.2) is 0 Å². The van der Waals surface area contributed by atoms with Crippen molar-refractivity contribution in [1.29, 1.82) is 0 Å². The summed E-state index contributed by atoms with van der Waals surface area (Å²) in [7, 11) is 1.65. The first-order valence-electron chi connectivity index (χ1n) is 7.55. The van der Waals surface area contributed by atoms with E-state index in [1.807, 2.05) is 12.3 Å². The first-order valence-corrected chi connectivity index (χ1v) is 7.55. The molecule has 0 spiro atoms. The van der Waals surface area contributed by atoms with Crippen LogP contribution in [0.2, 0.25) is 0 Å². The van der Waals surface area contributed by atoms with E-state index in [0.29, 0.717) is 11.9 Å². The summed E-state index contributed by atoms with van der Waals surface area (Å²) in [6.45, 7) is 3.20. The maximum absolute atomic E-state index is 5.08. The highest BCUT2D eigenvalue weighted by molar-refractivity contribution is 5.17. The lowest BCUT2D eigenvalue weighted by Gasteiger charge is -2.30. The quantitative estimate of drug-likeness (QED) is 0.851. The van der Waals surface area contributed by atoms with Gasteiger partial charge in [0.1, 0.15) is 0 Å². The molecule has 0 bridgehead atoms. The van der Waals surface area contributed by atoms with Gasteiger partial charge in [0.05, 0.1) is 7.11 Å². The summed E-state index contributed by atoms with van der Waals surface area (Å²) in [5.41, 5.74) is 1.23. The van der Waals surface area contributed by atoms with Crippen molar-refractivity contribution in [1.82, 2.24) is 10.3 Å². The Morgan fingerprint density at radius 1 is 1.32 bits per heavy atom. The van der Waals surface area contributed by atoms with Gasteiger partial charge in [-0.3, -0.25) is 0 Å². The maximum atomic E-state index is 5.08. The van der Waals surface area contributed by atoms with Crippen LogP contribution in [0, 0.1) is 5.92 Å². The van der Waals surface area contributed by atoms with Crippen LogP contribution in [0.3, 0.4) is 0 Å². The van der Waals surface area contributed by atoms with Crippen molar-refractivity contribution < 1.29 is 4.74 Å². The monoisotopic (exact) mass is 262 g/mol. The van der Waals surface area contributed by atoms with Crippen molar-refractivity contribution >= 4 is 0 Å². The minimum atomic E-state index is 0.655. The van der Waals surface area contributed by atoms with Crippen molar-refractivity contribution in [2.24, 2.45) is 5.92 Å². The fraction of sp³-hybridized carbons (Fsp3) is 0.688. The van der Waals surface area contributed by atoms with Gasteiger partial charge in [-0.05, 0) is 30.7 Å². The molecule has 3 nitrogen and oxygen atoms in total. The van der Waals surface area contributed by atoms with Gasteiger partial charge < -0.3 is 10.1 Å². The van der Waals surface area contributed by atoms with E-state index >= 15 is 0 Å². The van der Waals surface area contributed by atoms with E-state index in [1.165, 1.54) is 44.1 Å². The van der Waals surface area contributed by atoms with Crippen LogP contribution in [0.4, 0.5) is 0 Å². The number of pyridine rings is 1. The molecule has 0 aromatic carbocycles. The van der Waals surface area contributed by atoms with Crippen LogP contribution in [0.25, 0.3) is 0 Å². The van der Waals surface area contributed by atoms with E-state index in [0.717, 1.165) is 12.5 Å². The van der Waals surface area contributed by atoms with Gasteiger partial charge in [-0.1, -0.05) is 32.3 Å². The Balaban J connectivity index is 1.84. The Kier molecular flexibility index (Phi) is 5.64. The highest BCUT2D eigenvalue weighted by atomic mass is 16.5. The normalized spacial score (nSPS) is 18.2. The zero-order chi connectivity index (χ0) is 13.5. The number of aromatic nitrogens is 1. The van der Waals surface area contributed by atoms with Gasteiger partial charge in [-0.15, -0.1) is 0 Å². The fourth-order valence-electron chi connectivity index (χ4n) is 3.07. The van der Waals surface area contributed by atoms with Crippen LogP contribution >= 0.6 is 0 Å². The minimum absolute atomic E-state index is 0.655. The van der Waals surface area contributed by atoms with Crippen molar-refractivity contribution in [3.05, 3.63) is 23.9 Å². The molecule has 3 heteroatoms. The highest BCUT2D eigenvalue weighted by Gasteiger charge is 2.21. The predicted molar refractivity (Wildman–Crippen MR) is 78.3 cm³/mol. The molecule has 106 valence electrons. The number of hydrogen-bond acceptors (Lipinski definition) is 3. The Hall–Kier alpha value is -1.09. The fourth-order valence-corrected chi connectivity index (χ4v) is 3.07. The molecule has 1 atom stereocenters. The summed E-state index contributed by atoms with van der Waals surface area (Å²) >= 11 is 0. The average molecular weight is 262 g/mol. The van der Waals surface area contributed by atoms with Crippen molar-refractivity contribution in [3.8, 4) is 5.88 Å². The summed E-state index contributed by atoms with van der Waals surface area (Å²) in [5.74, 6) is 1.55. The zero-order valence-electron chi connectivity index (χ0n) is 12.2. The van der Waals surface area contributed by atoms with Crippen LogP contribution in [0.5, 0.6) is 5.88 Å². The molecular formula is C16H26N2O. The summed E-state index contributed by atoms with van der Waals surface area (Å²) < 4.78 is 5.08. The Morgan fingerprint density at radius 2 is 2.11 bits per heavy atom.